The van der Waals surface area contributed by atoms with E-state index in [4.69, 9.17) is 5.73 Å². The van der Waals surface area contributed by atoms with Crippen LogP contribution in [-0.2, 0) is 11.3 Å². The summed E-state index contributed by atoms with van der Waals surface area (Å²) >= 11 is 0. The number of rotatable bonds is 3. The molecule has 1 aromatic carbocycles. The second-order valence-electron chi connectivity index (χ2n) is 4.41. The SMILES string of the molecule is CC(C)NC(=O)Cn1c(N)nc2cc(F)ccc21. The number of amides is 1. The summed E-state index contributed by atoms with van der Waals surface area (Å²) in [6, 6.07) is 4.24. The van der Waals surface area contributed by atoms with E-state index in [1.165, 1.54) is 12.1 Å². The van der Waals surface area contributed by atoms with Crippen LogP contribution < -0.4 is 11.1 Å². The second-order valence-corrected chi connectivity index (χ2v) is 4.41. The lowest BCUT2D eigenvalue weighted by Crippen LogP contribution is -2.33. The van der Waals surface area contributed by atoms with Crippen LogP contribution in [0.15, 0.2) is 18.2 Å². The Morgan fingerprint density at radius 2 is 2.28 bits per heavy atom. The van der Waals surface area contributed by atoms with Gasteiger partial charge < -0.3 is 15.6 Å². The van der Waals surface area contributed by atoms with Gasteiger partial charge in [0, 0.05) is 12.1 Å². The summed E-state index contributed by atoms with van der Waals surface area (Å²) in [4.78, 5) is 15.7. The largest absolute Gasteiger partial charge is 0.369 e. The van der Waals surface area contributed by atoms with Crippen molar-refractivity contribution in [2.24, 2.45) is 0 Å². The Labute approximate surface area is 104 Å². The van der Waals surface area contributed by atoms with Crippen LogP contribution in [0.2, 0.25) is 0 Å². The number of nitrogen functional groups attached to an aromatic ring is 1. The quantitative estimate of drug-likeness (QED) is 0.862. The maximum absolute atomic E-state index is 13.0. The molecular formula is C12H15FN4O. The van der Waals surface area contributed by atoms with Crippen LogP contribution in [-0.4, -0.2) is 21.5 Å². The number of carbonyl (C=O) groups is 1. The third-order valence-electron chi connectivity index (χ3n) is 2.49. The maximum atomic E-state index is 13.0. The molecule has 96 valence electrons. The van der Waals surface area contributed by atoms with Gasteiger partial charge >= 0.3 is 0 Å². The van der Waals surface area contributed by atoms with Crippen LogP contribution in [0.4, 0.5) is 10.3 Å². The molecule has 2 rings (SSSR count). The predicted octanol–water partition coefficient (Wildman–Crippen LogP) is 1.28. The highest BCUT2D eigenvalue weighted by atomic mass is 19.1. The van der Waals surface area contributed by atoms with Crippen LogP contribution in [0.5, 0.6) is 0 Å². The molecule has 1 aromatic heterocycles. The second kappa shape index (κ2) is 4.64. The minimum absolute atomic E-state index is 0.0611. The zero-order valence-corrected chi connectivity index (χ0v) is 10.3. The van der Waals surface area contributed by atoms with Crippen LogP contribution in [0.25, 0.3) is 11.0 Å². The zero-order chi connectivity index (χ0) is 13.3. The zero-order valence-electron chi connectivity index (χ0n) is 10.3. The molecule has 1 amide bonds. The number of anilines is 1. The Hall–Kier alpha value is -2.11. The summed E-state index contributed by atoms with van der Waals surface area (Å²) < 4.78 is 14.6. The molecule has 0 spiro atoms. The third kappa shape index (κ3) is 2.42. The number of nitrogens with two attached hydrogens (primary N) is 1. The van der Waals surface area contributed by atoms with Crippen molar-refractivity contribution < 1.29 is 9.18 Å². The molecule has 2 aromatic rings. The first-order valence-electron chi connectivity index (χ1n) is 5.68. The number of imidazole rings is 1. The molecule has 0 saturated heterocycles. The Morgan fingerprint density at radius 3 is 2.94 bits per heavy atom. The first kappa shape index (κ1) is 12.3. The first-order chi connectivity index (χ1) is 8.47. The van der Waals surface area contributed by atoms with Gasteiger partial charge in [-0.2, -0.15) is 0 Å². The number of carbonyl (C=O) groups excluding carboxylic acids is 1. The number of nitrogens with one attached hydrogen (secondary N) is 1. The lowest BCUT2D eigenvalue weighted by Gasteiger charge is -2.10. The first-order valence-corrected chi connectivity index (χ1v) is 5.68. The van der Waals surface area contributed by atoms with Crippen LogP contribution in [0.1, 0.15) is 13.8 Å². The normalized spacial score (nSPS) is 11.1. The number of halogens is 1. The Bertz CT molecular complexity index is 591. The standard InChI is InChI=1S/C12H15FN4O/c1-7(2)15-11(18)6-17-10-4-3-8(13)5-9(10)16-12(17)14/h3-5,7H,6H2,1-2H3,(H2,14,16)(H,15,18). The molecule has 0 aliphatic heterocycles. The lowest BCUT2D eigenvalue weighted by atomic mass is 10.3. The van der Waals surface area contributed by atoms with E-state index in [9.17, 15) is 9.18 Å². The van der Waals surface area contributed by atoms with E-state index in [1.54, 1.807) is 10.6 Å². The third-order valence-corrected chi connectivity index (χ3v) is 2.49. The summed E-state index contributed by atoms with van der Waals surface area (Å²) in [5.41, 5.74) is 6.83. The van der Waals surface area contributed by atoms with E-state index in [2.05, 4.69) is 10.3 Å². The molecule has 0 saturated carbocycles. The molecule has 18 heavy (non-hydrogen) atoms. The van der Waals surface area contributed by atoms with Crippen molar-refractivity contribution in [1.82, 2.24) is 14.9 Å². The van der Waals surface area contributed by atoms with Crippen LogP contribution in [0, 0.1) is 5.82 Å². The van der Waals surface area contributed by atoms with E-state index in [0.717, 1.165) is 0 Å². The fraction of sp³-hybridized carbons (Fsp3) is 0.333. The van der Waals surface area contributed by atoms with E-state index in [0.29, 0.717) is 11.0 Å². The van der Waals surface area contributed by atoms with Crippen molar-refractivity contribution in [2.75, 3.05) is 5.73 Å². The number of nitrogens with zero attached hydrogens (tertiary/aromatic N) is 2. The van der Waals surface area contributed by atoms with Gasteiger partial charge in [0.25, 0.3) is 0 Å². The summed E-state index contributed by atoms with van der Waals surface area (Å²) in [5, 5.41) is 2.77. The van der Waals surface area contributed by atoms with E-state index in [-0.39, 0.29) is 30.3 Å². The molecule has 0 unspecified atom stereocenters. The monoisotopic (exact) mass is 250 g/mol. The van der Waals surface area contributed by atoms with Crippen molar-refractivity contribution in [3.05, 3.63) is 24.0 Å². The number of aromatic nitrogens is 2. The van der Waals surface area contributed by atoms with Crippen LogP contribution >= 0.6 is 0 Å². The van der Waals surface area contributed by atoms with Crippen molar-refractivity contribution in [3.63, 3.8) is 0 Å². The van der Waals surface area contributed by atoms with Gasteiger partial charge in [-0.15, -0.1) is 0 Å². The number of benzene rings is 1. The van der Waals surface area contributed by atoms with E-state index >= 15 is 0 Å². The van der Waals surface area contributed by atoms with Gasteiger partial charge in [-0.3, -0.25) is 4.79 Å². The van der Waals surface area contributed by atoms with Gasteiger partial charge in [-0.25, -0.2) is 9.37 Å². The average molecular weight is 250 g/mol. The molecular weight excluding hydrogens is 235 g/mol. The summed E-state index contributed by atoms with van der Waals surface area (Å²) in [6.07, 6.45) is 0. The van der Waals surface area contributed by atoms with Crippen molar-refractivity contribution in [1.29, 1.82) is 0 Å². The van der Waals surface area contributed by atoms with Gasteiger partial charge in [-0.1, -0.05) is 0 Å². The molecule has 0 atom stereocenters. The molecule has 0 fully saturated rings. The Kier molecular flexibility index (Phi) is 3.18. The topological polar surface area (TPSA) is 72.9 Å². The average Bonchev–Trinajstić information content (AvgIpc) is 2.53. The van der Waals surface area contributed by atoms with Gasteiger partial charge in [0.15, 0.2) is 0 Å². The van der Waals surface area contributed by atoms with E-state index < -0.39 is 0 Å². The minimum Gasteiger partial charge on any atom is -0.369 e. The Balaban J connectivity index is 2.33. The van der Waals surface area contributed by atoms with Gasteiger partial charge in [-0.05, 0) is 26.0 Å². The molecule has 3 N–H and O–H groups in total. The van der Waals surface area contributed by atoms with Gasteiger partial charge in [0.1, 0.15) is 12.4 Å². The number of hydrogen-bond acceptors (Lipinski definition) is 3. The van der Waals surface area contributed by atoms with E-state index in [1.807, 2.05) is 13.8 Å². The predicted molar refractivity (Wildman–Crippen MR) is 67.4 cm³/mol. The summed E-state index contributed by atoms with van der Waals surface area (Å²) in [5.74, 6) is -0.325. The molecule has 0 aliphatic carbocycles. The highest BCUT2D eigenvalue weighted by Gasteiger charge is 2.12. The summed E-state index contributed by atoms with van der Waals surface area (Å²) in [6.45, 7) is 3.83. The fourth-order valence-corrected chi connectivity index (χ4v) is 1.80. The number of hydrogen-bond donors (Lipinski definition) is 2. The lowest BCUT2D eigenvalue weighted by molar-refractivity contribution is -0.122. The molecule has 0 aliphatic rings. The number of fused-ring (bicyclic) bond motifs is 1. The highest BCUT2D eigenvalue weighted by molar-refractivity contribution is 5.82. The minimum atomic E-state index is -0.376. The maximum Gasteiger partial charge on any atom is 0.240 e. The van der Waals surface area contributed by atoms with Gasteiger partial charge in [0.2, 0.25) is 11.9 Å². The molecule has 6 heteroatoms. The van der Waals surface area contributed by atoms with Crippen molar-refractivity contribution in [2.45, 2.75) is 26.4 Å². The molecule has 0 bridgehead atoms. The highest BCUT2D eigenvalue weighted by Crippen LogP contribution is 2.18. The Morgan fingerprint density at radius 1 is 1.56 bits per heavy atom. The summed E-state index contributed by atoms with van der Waals surface area (Å²) in [7, 11) is 0. The van der Waals surface area contributed by atoms with Gasteiger partial charge in [0.05, 0.1) is 11.0 Å². The van der Waals surface area contributed by atoms with Crippen molar-refractivity contribution >= 4 is 22.9 Å². The molecule has 5 nitrogen and oxygen atoms in total. The van der Waals surface area contributed by atoms with Crippen LogP contribution in [0.3, 0.4) is 0 Å². The fourth-order valence-electron chi connectivity index (χ4n) is 1.80. The molecule has 0 radical (unpaired) electrons. The smallest absolute Gasteiger partial charge is 0.240 e. The van der Waals surface area contributed by atoms with Crippen molar-refractivity contribution in [3.8, 4) is 0 Å². The molecule has 1 heterocycles.